The Kier molecular flexibility index (Phi) is 8.11. The molecule has 7 N–H and O–H groups in total. The lowest BCUT2D eigenvalue weighted by Gasteiger charge is -2.26. The fraction of sp³-hybridized carbons (Fsp3) is 0.133. The average Bonchev–Trinajstić information content (AvgIpc) is 2.92. The number of carbonyl (C=O) groups is 2. The quantitative estimate of drug-likeness (QED) is 0.152. The number of benzene rings is 4. The Balaban J connectivity index is 0.000000177. The van der Waals surface area contributed by atoms with E-state index >= 15 is 0 Å². The van der Waals surface area contributed by atoms with Crippen LogP contribution in [-0.2, 0) is 4.57 Å². The van der Waals surface area contributed by atoms with Gasteiger partial charge in [-0.15, -0.1) is 0 Å². The molecular formula is C30H25O13P. The van der Waals surface area contributed by atoms with Crippen LogP contribution in [0.5, 0.6) is 46.0 Å². The summed E-state index contributed by atoms with van der Waals surface area (Å²) < 4.78 is 26.7. The number of carbonyl (C=O) groups excluding carboxylic acids is 2. The monoisotopic (exact) mass is 624 g/mol. The highest BCUT2D eigenvalue weighted by Gasteiger charge is 2.32. The minimum atomic E-state index is -4.82. The van der Waals surface area contributed by atoms with Crippen LogP contribution in [0.15, 0.2) is 72.8 Å². The molecule has 4 aromatic carbocycles. The molecule has 0 bridgehead atoms. The Morgan fingerprint density at radius 2 is 1.05 bits per heavy atom. The number of aromatic hydroxyl groups is 5. The second kappa shape index (κ2) is 11.8. The Morgan fingerprint density at radius 1 is 0.614 bits per heavy atom. The largest absolute Gasteiger partial charge is 0.524 e. The zero-order valence-electron chi connectivity index (χ0n) is 22.5. The van der Waals surface area contributed by atoms with Crippen molar-refractivity contribution in [3.8, 4) is 46.0 Å². The van der Waals surface area contributed by atoms with Crippen molar-refractivity contribution >= 4 is 19.4 Å². The molecule has 0 unspecified atom stereocenters. The van der Waals surface area contributed by atoms with Crippen LogP contribution in [0.4, 0.5) is 0 Å². The van der Waals surface area contributed by atoms with E-state index in [9.17, 15) is 39.7 Å². The minimum Gasteiger partial charge on any atom is -0.508 e. The van der Waals surface area contributed by atoms with Crippen LogP contribution in [-0.4, -0.2) is 46.9 Å². The third kappa shape index (κ3) is 6.70. The molecule has 0 spiro atoms. The van der Waals surface area contributed by atoms with Crippen LogP contribution in [0.3, 0.4) is 0 Å². The number of rotatable bonds is 4. The molecule has 0 radical (unpaired) electrons. The summed E-state index contributed by atoms with van der Waals surface area (Å²) in [6.45, 7) is 0. The van der Waals surface area contributed by atoms with Gasteiger partial charge in [-0.3, -0.25) is 19.4 Å². The highest BCUT2D eigenvalue weighted by Crippen LogP contribution is 2.46. The number of hydrogen-bond acceptors (Lipinski definition) is 11. The summed E-state index contributed by atoms with van der Waals surface area (Å²) in [6.07, 6.45) is -1.09. The molecule has 0 aliphatic carbocycles. The van der Waals surface area contributed by atoms with E-state index in [1.807, 2.05) is 0 Å². The molecular weight excluding hydrogens is 599 g/mol. The molecule has 2 atom stereocenters. The van der Waals surface area contributed by atoms with Crippen LogP contribution < -0.4 is 14.0 Å². The summed E-state index contributed by atoms with van der Waals surface area (Å²) in [6, 6.07) is 16.9. The molecule has 0 saturated carbocycles. The first-order valence-corrected chi connectivity index (χ1v) is 14.5. The summed E-state index contributed by atoms with van der Waals surface area (Å²) in [5.41, 5.74) is 1.40. The Labute approximate surface area is 249 Å². The van der Waals surface area contributed by atoms with E-state index in [0.29, 0.717) is 5.56 Å². The van der Waals surface area contributed by atoms with Crippen LogP contribution in [0.25, 0.3) is 0 Å². The summed E-state index contributed by atoms with van der Waals surface area (Å²) in [5.74, 6) is -1.55. The standard InChI is InChI=1S/C15H13O8P.C15H12O5/c16-9-3-1-8(2-4-9)13-7-12(18)15-11(17)5-10(6-14(15)22-13)23-24(19,20)21;16-9-3-1-8(2-4-9)13-7-12(19)15-11(18)5-10(17)6-14(15)20-13/h1-6,13,16-17H,7H2,(H2,19,20,21);1-6,13,16-18H,7H2/t2*13-/m00/s1. The summed E-state index contributed by atoms with van der Waals surface area (Å²) in [5, 5.41) is 47.7. The number of fused-ring (bicyclic) bond motifs is 2. The van der Waals surface area contributed by atoms with E-state index in [1.54, 1.807) is 24.3 Å². The number of hydrogen-bond donors (Lipinski definition) is 7. The topological polar surface area (TPSA) is 221 Å². The van der Waals surface area contributed by atoms with Crippen molar-refractivity contribution in [3.05, 3.63) is 95.1 Å². The molecule has 0 aromatic heterocycles. The molecule has 2 aliphatic rings. The van der Waals surface area contributed by atoms with E-state index in [2.05, 4.69) is 4.52 Å². The second-order valence-corrected chi connectivity index (χ2v) is 11.0. The Morgan fingerprint density at radius 3 is 1.50 bits per heavy atom. The molecule has 2 heterocycles. The zero-order valence-corrected chi connectivity index (χ0v) is 23.4. The van der Waals surface area contributed by atoms with E-state index < -0.39 is 25.8 Å². The van der Waals surface area contributed by atoms with Gasteiger partial charge in [-0.2, -0.15) is 0 Å². The molecule has 2 aliphatic heterocycles. The van der Waals surface area contributed by atoms with E-state index in [-0.39, 0.29) is 75.8 Å². The maximum absolute atomic E-state index is 12.3. The van der Waals surface area contributed by atoms with Gasteiger partial charge in [0.1, 0.15) is 69.3 Å². The third-order valence-electron chi connectivity index (χ3n) is 6.71. The van der Waals surface area contributed by atoms with Crippen molar-refractivity contribution in [2.45, 2.75) is 25.0 Å². The molecule has 228 valence electrons. The molecule has 6 rings (SSSR count). The number of phosphoric ester groups is 1. The molecule has 14 heteroatoms. The van der Waals surface area contributed by atoms with Gasteiger partial charge >= 0.3 is 7.82 Å². The van der Waals surface area contributed by atoms with Crippen molar-refractivity contribution in [2.75, 3.05) is 0 Å². The molecule has 0 fully saturated rings. The molecule has 13 nitrogen and oxygen atoms in total. The van der Waals surface area contributed by atoms with Gasteiger partial charge in [0.15, 0.2) is 11.6 Å². The second-order valence-electron chi connectivity index (χ2n) is 9.89. The minimum absolute atomic E-state index is 0.0238. The van der Waals surface area contributed by atoms with Gasteiger partial charge in [-0.05, 0) is 35.4 Å². The first-order valence-electron chi connectivity index (χ1n) is 12.9. The lowest BCUT2D eigenvalue weighted by atomic mass is 9.95. The molecule has 4 aromatic rings. The fourth-order valence-electron chi connectivity index (χ4n) is 4.78. The van der Waals surface area contributed by atoms with Crippen molar-refractivity contribution < 1.29 is 63.5 Å². The van der Waals surface area contributed by atoms with Crippen molar-refractivity contribution in [2.24, 2.45) is 0 Å². The maximum atomic E-state index is 12.3. The van der Waals surface area contributed by atoms with Crippen LogP contribution in [0.2, 0.25) is 0 Å². The number of ether oxygens (including phenoxy) is 2. The van der Waals surface area contributed by atoms with Crippen LogP contribution >= 0.6 is 7.82 Å². The van der Waals surface area contributed by atoms with E-state index in [4.69, 9.17) is 19.3 Å². The highest BCUT2D eigenvalue weighted by atomic mass is 31.2. The smallest absolute Gasteiger partial charge is 0.508 e. The van der Waals surface area contributed by atoms with Crippen molar-refractivity contribution in [1.29, 1.82) is 0 Å². The number of ketones is 2. The molecule has 44 heavy (non-hydrogen) atoms. The number of phenolic OH excluding ortho intramolecular Hbond substituents is 5. The maximum Gasteiger partial charge on any atom is 0.524 e. The highest BCUT2D eigenvalue weighted by molar-refractivity contribution is 7.46. The number of phenols is 5. The molecule has 0 amide bonds. The van der Waals surface area contributed by atoms with Crippen LogP contribution in [0, 0.1) is 0 Å². The third-order valence-corrected chi connectivity index (χ3v) is 7.16. The molecule has 0 saturated heterocycles. The van der Waals surface area contributed by atoms with Crippen molar-refractivity contribution in [3.63, 3.8) is 0 Å². The Bertz CT molecular complexity index is 1780. The first kappa shape index (κ1) is 30.2. The number of Topliss-reactive ketones (excluding diaryl/α,β-unsaturated/α-hetero) is 2. The van der Waals surface area contributed by atoms with Gasteiger partial charge in [0.25, 0.3) is 0 Å². The summed E-state index contributed by atoms with van der Waals surface area (Å²) in [7, 11) is -4.82. The fourth-order valence-corrected chi connectivity index (χ4v) is 5.16. The van der Waals surface area contributed by atoms with Gasteiger partial charge < -0.3 is 39.5 Å². The summed E-state index contributed by atoms with van der Waals surface area (Å²) in [4.78, 5) is 42.1. The van der Waals surface area contributed by atoms with Gasteiger partial charge in [0.05, 0.1) is 12.8 Å². The SMILES string of the molecule is O=C1C[C@@H](c2ccc(O)cc2)Oc2cc(O)cc(O)c21.O=C1C[C@@H](c2ccc(O)cc2)Oc2cc(OP(=O)(O)O)cc(O)c21. The predicted octanol–water partition coefficient (Wildman–Crippen LogP) is 4.79. The van der Waals surface area contributed by atoms with E-state index in [1.165, 1.54) is 30.3 Å². The van der Waals surface area contributed by atoms with Gasteiger partial charge in [-0.1, -0.05) is 24.3 Å². The van der Waals surface area contributed by atoms with E-state index in [0.717, 1.165) is 23.8 Å². The van der Waals surface area contributed by atoms with Crippen molar-refractivity contribution in [1.82, 2.24) is 0 Å². The van der Waals surface area contributed by atoms with Gasteiger partial charge in [0, 0.05) is 24.3 Å². The van der Waals surface area contributed by atoms with Crippen LogP contribution in [0.1, 0.15) is 56.9 Å². The number of phosphoric acid groups is 1. The summed E-state index contributed by atoms with van der Waals surface area (Å²) >= 11 is 0. The van der Waals surface area contributed by atoms with Gasteiger partial charge in [-0.25, -0.2) is 4.57 Å². The lowest BCUT2D eigenvalue weighted by Crippen LogP contribution is -2.20. The predicted molar refractivity (Wildman–Crippen MR) is 151 cm³/mol. The average molecular weight is 624 g/mol. The zero-order chi connectivity index (χ0) is 31.8. The lowest BCUT2D eigenvalue weighted by molar-refractivity contribution is 0.0834. The Hall–Kier alpha value is -5.23. The van der Waals surface area contributed by atoms with Gasteiger partial charge in [0.2, 0.25) is 0 Å². The first-order chi connectivity index (χ1) is 20.8. The normalized spacial score (nSPS) is 17.2.